The molecule has 0 fully saturated rings. The van der Waals surface area contributed by atoms with Crippen LogP contribution < -0.4 is 9.62 Å². The van der Waals surface area contributed by atoms with Gasteiger partial charge < -0.3 is 9.73 Å². The van der Waals surface area contributed by atoms with E-state index in [2.05, 4.69) is 5.32 Å². The number of rotatable bonds is 10. The summed E-state index contributed by atoms with van der Waals surface area (Å²) in [5.74, 6) is 1.95. The van der Waals surface area contributed by atoms with E-state index in [1.807, 2.05) is 38.1 Å². The number of anilines is 1. The van der Waals surface area contributed by atoms with Gasteiger partial charge in [-0.3, -0.25) is 9.10 Å². The van der Waals surface area contributed by atoms with E-state index in [0.29, 0.717) is 18.0 Å². The van der Waals surface area contributed by atoms with Crippen molar-refractivity contribution in [1.29, 1.82) is 0 Å². The molecule has 1 amide bonds. The summed E-state index contributed by atoms with van der Waals surface area (Å²) in [7, 11) is -3.90. The van der Waals surface area contributed by atoms with Crippen LogP contribution in [0.5, 0.6) is 0 Å². The minimum atomic E-state index is -3.90. The normalized spacial score (nSPS) is 11.3. The van der Waals surface area contributed by atoms with Crippen LogP contribution in [0, 0.1) is 13.8 Å². The number of furan rings is 1. The first-order chi connectivity index (χ1) is 14.9. The Hall–Kier alpha value is -2.71. The van der Waals surface area contributed by atoms with Crippen molar-refractivity contribution in [3.05, 3.63) is 83.8 Å². The van der Waals surface area contributed by atoms with Gasteiger partial charge in [0.1, 0.15) is 12.3 Å². The lowest BCUT2D eigenvalue weighted by Gasteiger charge is -2.25. The van der Waals surface area contributed by atoms with Gasteiger partial charge >= 0.3 is 0 Å². The molecule has 0 bridgehead atoms. The number of hydrogen-bond acceptors (Lipinski definition) is 5. The second-order valence-corrected chi connectivity index (χ2v) is 10.1. The molecule has 8 heteroatoms. The number of para-hydroxylation sites is 1. The molecule has 0 aliphatic heterocycles. The van der Waals surface area contributed by atoms with Crippen molar-refractivity contribution in [2.45, 2.75) is 24.5 Å². The Morgan fingerprint density at radius 1 is 1.03 bits per heavy atom. The molecule has 0 radical (unpaired) electrons. The summed E-state index contributed by atoms with van der Waals surface area (Å²) in [5.41, 5.74) is 2.23. The Balaban J connectivity index is 1.69. The van der Waals surface area contributed by atoms with Crippen LogP contribution in [-0.2, 0) is 20.6 Å². The van der Waals surface area contributed by atoms with Crippen molar-refractivity contribution < 1.29 is 17.6 Å². The van der Waals surface area contributed by atoms with Crippen molar-refractivity contribution in [2.24, 2.45) is 0 Å². The lowest BCUT2D eigenvalue weighted by Crippen LogP contribution is -2.41. The van der Waals surface area contributed by atoms with E-state index in [4.69, 9.17) is 4.42 Å². The Bertz CT molecular complexity index is 1090. The van der Waals surface area contributed by atoms with E-state index >= 15 is 0 Å². The van der Waals surface area contributed by atoms with E-state index in [0.717, 1.165) is 22.6 Å². The summed E-state index contributed by atoms with van der Waals surface area (Å²) in [6, 6.07) is 17.5. The highest BCUT2D eigenvalue weighted by Crippen LogP contribution is 2.26. The van der Waals surface area contributed by atoms with Crippen LogP contribution in [-0.4, -0.2) is 33.2 Å². The number of sulfonamides is 1. The molecule has 0 atom stereocenters. The zero-order valence-electron chi connectivity index (χ0n) is 17.6. The number of benzene rings is 2. The zero-order valence-corrected chi connectivity index (χ0v) is 19.2. The van der Waals surface area contributed by atoms with Crippen LogP contribution in [0.25, 0.3) is 0 Å². The molecule has 6 nitrogen and oxygen atoms in total. The van der Waals surface area contributed by atoms with Gasteiger partial charge in [0.2, 0.25) is 5.91 Å². The maximum atomic E-state index is 13.4. The monoisotopic (exact) mass is 458 g/mol. The fourth-order valence-electron chi connectivity index (χ4n) is 3.00. The van der Waals surface area contributed by atoms with E-state index < -0.39 is 10.0 Å². The van der Waals surface area contributed by atoms with Crippen LogP contribution in [0.3, 0.4) is 0 Å². The third kappa shape index (κ3) is 6.15. The number of nitrogens with zero attached hydrogens (tertiary/aromatic N) is 1. The lowest BCUT2D eigenvalue weighted by atomic mass is 10.2. The maximum absolute atomic E-state index is 13.4. The van der Waals surface area contributed by atoms with Gasteiger partial charge in [0, 0.05) is 12.3 Å². The average molecular weight is 459 g/mol. The first kappa shape index (κ1) is 23.0. The second-order valence-electron chi connectivity index (χ2n) is 7.09. The molecule has 0 saturated heterocycles. The number of hydrogen-bond donors (Lipinski definition) is 1. The molecular weight excluding hydrogens is 432 g/mol. The summed E-state index contributed by atoms with van der Waals surface area (Å²) in [6.45, 7) is 3.88. The number of nitrogens with one attached hydrogen (secondary N) is 1. The molecule has 3 rings (SSSR count). The standard InChI is InChI=1S/C23H26N2O4S2/c1-18-9-11-21(12-10-18)31(27,28)25(22-8-4-3-6-19(22)2)16-23(26)24-13-15-30-17-20-7-5-14-29-20/h3-12,14H,13,15-17H2,1-2H3,(H,24,26). The molecule has 1 aromatic heterocycles. The molecule has 1 N–H and O–H groups in total. The van der Waals surface area contributed by atoms with Gasteiger partial charge in [-0.1, -0.05) is 35.9 Å². The van der Waals surface area contributed by atoms with Crippen LogP contribution in [0.1, 0.15) is 16.9 Å². The predicted molar refractivity (Wildman–Crippen MR) is 125 cm³/mol. The molecule has 0 unspecified atom stereocenters. The molecule has 31 heavy (non-hydrogen) atoms. The minimum absolute atomic E-state index is 0.156. The van der Waals surface area contributed by atoms with E-state index in [9.17, 15) is 13.2 Å². The van der Waals surface area contributed by atoms with E-state index in [-0.39, 0.29) is 17.3 Å². The van der Waals surface area contributed by atoms with Crippen LogP contribution in [0.15, 0.2) is 76.2 Å². The largest absolute Gasteiger partial charge is 0.468 e. The number of carbonyl (C=O) groups excluding carboxylic acids is 1. The smallest absolute Gasteiger partial charge is 0.264 e. The van der Waals surface area contributed by atoms with Crippen molar-refractivity contribution in [1.82, 2.24) is 5.32 Å². The average Bonchev–Trinajstić information content (AvgIpc) is 3.26. The SMILES string of the molecule is Cc1ccc(S(=O)(=O)N(CC(=O)NCCSCc2ccco2)c2ccccc2C)cc1. The Labute approximate surface area is 187 Å². The highest BCUT2D eigenvalue weighted by atomic mass is 32.2. The third-order valence-electron chi connectivity index (χ3n) is 4.67. The van der Waals surface area contributed by atoms with Crippen molar-refractivity contribution in [3.8, 4) is 0 Å². The highest BCUT2D eigenvalue weighted by Gasteiger charge is 2.28. The van der Waals surface area contributed by atoms with Gasteiger partial charge in [-0.2, -0.15) is 11.8 Å². The fourth-order valence-corrected chi connectivity index (χ4v) is 5.24. The topological polar surface area (TPSA) is 79.6 Å². The first-order valence-corrected chi connectivity index (χ1v) is 12.5. The molecule has 3 aromatic rings. The van der Waals surface area contributed by atoms with Gasteiger partial charge in [-0.15, -0.1) is 0 Å². The molecule has 0 saturated carbocycles. The third-order valence-corrected chi connectivity index (χ3v) is 7.43. The maximum Gasteiger partial charge on any atom is 0.264 e. The van der Waals surface area contributed by atoms with E-state index in [1.165, 1.54) is 4.31 Å². The molecular formula is C23H26N2O4S2. The highest BCUT2D eigenvalue weighted by molar-refractivity contribution is 7.98. The predicted octanol–water partition coefficient (Wildman–Crippen LogP) is 4.14. The second kappa shape index (κ2) is 10.5. The van der Waals surface area contributed by atoms with Crippen molar-refractivity contribution >= 4 is 33.4 Å². The van der Waals surface area contributed by atoms with Crippen molar-refractivity contribution in [2.75, 3.05) is 23.1 Å². The van der Waals surface area contributed by atoms with Crippen LogP contribution in [0.4, 0.5) is 5.69 Å². The molecule has 0 aliphatic carbocycles. The van der Waals surface area contributed by atoms with Gasteiger partial charge in [-0.25, -0.2) is 8.42 Å². The summed E-state index contributed by atoms with van der Waals surface area (Å²) in [5, 5.41) is 2.82. The fraction of sp³-hybridized carbons (Fsp3) is 0.261. The molecule has 2 aromatic carbocycles. The first-order valence-electron chi connectivity index (χ1n) is 9.90. The quantitative estimate of drug-likeness (QED) is 0.462. The lowest BCUT2D eigenvalue weighted by molar-refractivity contribution is -0.119. The summed E-state index contributed by atoms with van der Waals surface area (Å²) >= 11 is 1.63. The Kier molecular flexibility index (Phi) is 7.81. The van der Waals surface area contributed by atoms with Gasteiger partial charge in [0.05, 0.1) is 22.6 Å². The Morgan fingerprint density at radius 2 is 1.77 bits per heavy atom. The molecule has 164 valence electrons. The summed E-state index contributed by atoms with van der Waals surface area (Å²) in [4.78, 5) is 12.8. The zero-order chi connectivity index (χ0) is 22.3. The van der Waals surface area contributed by atoms with Gasteiger partial charge in [0.25, 0.3) is 10.0 Å². The molecule has 0 spiro atoms. The molecule has 1 heterocycles. The summed E-state index contributed by atoms with van der Waals surface area (Å²) in [6.07, 6.45) is 1.63. The number of aryl methyl sites for hydroxylation is 2. The van der Waals surface area contributed by atoms with Gasteiger partial charge in [-0.05, 0) is 49.7 Å². The minimum Gasteiger partial charge on any atom is -0.468 e. The molecule has 0 aliphatic rings. The van der Waals surface area contributed by atoms with Crippen LogP contribution >= 0.6 is 11.8 Å². The number of carbonyl (C=O) groups is 1. The van der Waals surface area contributed by atoms with Crippen LogP contribution in [0.2, 0.25) is 0 Å². The summed E-state index contributed by atoms with van der Waals surface area (Å²) < 4.78 is 33.2. The van der Waals surface area contributed by atoms with Gasteiger partial charge in [0.15, 0.2) is 0 Å². The van der Waals surface area contributed by atoms with E-state index in [1.54, 1.807) is 54.4 Å². The number of thioether (sulfide) groups is 1. The van der Waals surface area contributed by atoms with Crippen molar-refractivity contribution in [3.63, 3.8) is 0 Å². The number of amides is 1. The Morgan fingerprint density at radius 3 is 2.45 bits per heavy atom.